The third-order valence-corrected chi connectivity index (χ3v) is 6.23. The Balaban J connectivity index is 1.52. The summed E-state index contributed by atoms with van der Waals surface area (Å²) in [5.41, 5.74) is 0.0617. The van der Waals surface area contributed by atoms with Gasteiger partial charge in [-0.1, -0.05) is 46.4 Å². The summed E-state index contributed by atoms with van der Waals surface area (Å²) in [5.74, 6) is 1.37. The Hall–Kier alpha value is -1.47. The second-order valence-corrected chi connectivity index (χ2v) is 10.7. The Morgan fingerprint density at radius 3 is 2.34 bits per heavy atom. The number of ether oxygens (including phenoxy) is 3. The summed E-state index contributed by atoms with van der Waals surface area (Å²) in [7, 11) is 0. The first-order valence-corrected chi connectivity index (χ1v) is 12.5. The van der Waals surface area contributed by atoms with Crippen LogP contribution < -0.4 is 14.2 Å². The molecule has 3 nitrogen and oxygen atoms in total. The number of halogens is 7. The van der Waals surface area contributed by atoms with Gasteiger partial charge < -0.3 is 14.2 Å². The van der Waals surface area contributed by atoms with E-state index in [-0.39, 0.29) is 11.1 Å². The summed E-state index contributed by atoms with van der Waals surface area (Å²) in [5, 5.41) is 0.598. The number of aryl methyl sites for hydroxylation is 1. The van der Waals surface area contributed by atoms with E-state index in [1.807, 2.05) is 13.8 Å². The van der Waals surface area contributed by atoms with Crippen LogP contribution in [0, 0.1) is 0 Å². The molecular formula is C25H25Cl4F3O3. The molecule has 1 heterocycles. The largest absolute Gasteiger partial charge is 0.490 e. The maximum atomic E-state index is 13.4. The molecule has 2 aromatic rings. The van der Waals surface area contributed by atoms with E-state index in [0.29, 0.717) is 70.7 Å². The fourth-order valence-electron chi connectivity index (χ4n) is 3.86. The molecule has 0 fully saturated rings. The van der Waals surface area contributed by atoms with Crippen molar-refractivity contribution in [3.8, 4) is 17.2 Å². The lowest BCUT2D eigenvalue weighted by molar-refractivity contribution is -0.137. The minimum absolute atomic E-state index is 0.0935. The number of fused-ring (bicyclic) bond motifs is 1. The fourth-order valence-corrected chi connectivity index (χ4v) is 4.57. The Bertz CT molecular complexity index is 1060. The lowest BCUT2D eigenvalue weighted by atomic mass is 9.96. The van der Waals surface area contributed by atoms with E-state index >= 15 is 0 Å². The van der Waals surface area contributed by atoms with Gasteiger partial charge in [0.2, 0.25) is 0 Å². The van der Waals surface area contributed by atoms with Crippen LogP contribution in [-0.4, -0.2) is 18.8 Å². The quantitative estimate of drug-likeness (QED) is 0.266. The molecule has 1 aliphatic rings. The smallest absolute Gasteiger partial charge is 0.416 e. The van der Waals surface area contributed by atoms with Crippen molar-refractivity contribution in [2.24, 2.45) is 0 Å². The van der Waals surface area contributed by atoms with Gasteiger partial charge in [0.15, 0.2) is 5.75 Å². The van der Waals surface area contributed by atoms with Crippen LogP contribution in [0.2, 0.25) is 10.0 Å². The van der Waals surface area contributed by atoms with E-state index in [2.05, 4.69) is 0 Å². The van der Waals surface area contributed by atoms with Crippen molar-refractivity contribution in [2.45, 2.75) is 57.7 Å². The van der Waals surface area contributed by atoms with Crippen LogP contribution in [0.5, 0.6) is 17.2 Å². The van der Waals surface area contributed by atoms with Crippen LogP contribution >= 0.6 is 46.4 Å². The summed E-state index contributed by atoms with van der Waals surface area (Å²) in [4.78, 5) is 0. The van der Waals surface area contributed by atoms with Crippen molar-refractivity contribution >= 4 is 46.4 Å². The molecule has 192 valence electrons. The fraction of sp³-hybridized carbons (Fsp3) is 0.440. The highest BCUT2D eigenvalue weighted by Crippen LogP contribution is 2.42. The minimum Gasteiger partial charge on any atom is -0.490 e. The van der Waals surface area contributed by atoms with Crippen LogP contribution in [0.25, 0.3) is 0 Å². The second kappa shape index (κ2) is 11.7. The van der Waals surface area contributed by atoms with Crippen molar-refractivity contribution in [3.05, 3.63) is 61.6 Å². The molecule has 10 heteroatoms. The third kappa shape index (κ3) is 8.01. The molecule has 0 unspecified atom stereocenters. The Kier molecular flexibility index (Phi) is 9.41. The van der Waals surface area contributed by atoms with Crippen LogP contribution in [0.1, 0.15) is 49.8 Å². The first-order valence-electron chi connectivity index (χ1n) is 11.0. The van der Waals surface area contributed by atoms with Crippen LogP contribution in [0.3, 0.4) is 0 Å². The summed E-state index contributed by atoms with van der Waals surface area (Å²) in [6.07, 6.45) is 0.138. The number of hydrogen-bond donors (Lipinski definition) is 0. The molecule has 0 bridgehead atoms. The van der Waals surface area contributed by atoms with Crippen molar-refractivity contribution in [3.63, 3.8) is 0 Å². The summed E-state index contributed by atoms with van der Waals surface area (Å²) < 4.78 is 57.3. The molecule has 2 aromatic carbocycles. The van der Waals surface area contributed by atoms with Crippen molar-refractivity contribution < 1.29 is 27.4 Å². The Labute approximate surface area is 223 Å². The standard InChI is InChI=1S/C25H25Cl4F3O3/c1-24(2)14-16-11-17(25(30,31)32)10-15(22(16)35-24)6-4-3-5-8-34-23-19(26)12-18(13-20(23)27)33-9-7-21(28)29/h7,10-13H,3-6,8-9,14H2,1-2H3. The first-order chi connectivity index (χ1) is 16.4. The lowest BCUT2D eigenvalue weighted by Gasteiger charge is -2.18. The number of rotatable bonds is 10. The van der Waals surface area contributed by atoms with Crippen LogP contribution in [0.15, 0.2) is 34.8 Å². The molecule has 1 aliphatic heterocycles. The second-order valence-electron chi connectivity index (χ2n) is 8.84. The van der Waals surface area contributed by atoms with Crippen LogP contribution in [-0.2, 0) is 19.0 Å². The van der Waals surface area contributed by atoms with Crippen molar-refractivity contribution in [1.29, 1.82) is 0 Å². The normalized spacial score (nSPS) is 14.3. The van der Waals surface area contributed by atoms with Gasteiger partial charge in [0.25, 0.3) is 0 Å². The third-order valence-electron chi connectivity index (χ3n) is 5.36. The molecule has 0 N–H and O–H groups in total. The highest BCUT2D eigenvalue weighted by molar-refractivity contribution is 6.55. The molecule has 0 aromatic heterocycles. The molecule has 0 aliphatic carbocycles. The number of alkyl halides is 3. The number of benzene rings is 2. The van der Waals surface area contributed by atoms with E-state index < -0.39 is 17.3 Å². The van der Waals surface area contributed by atoms with E-state index in [1.165, 1.54) is 18.2 Å². The zero-order valence-electron chi connectivity index (χ0n) is 19.2. The van der Waals surface area contributed by atoms with Crippen LogP contribution in [0.4, 0.5) is 13.2 Å². The van der Waals surface area contributed by atoms with Crippen molar-refractivity contribution in [1.82, 2.24) is 0 Å². The minimum atomic E-state index is -4.39. The highest BCUT2D eigenvalue weighted by Gasteiger charge is 2.37. The zero-order chi connectivity index (χ0) is 25.8. The molecular weight excluding hydrogens is 547 g/mol. The van der Waals surface area contributed by atoms with E-state index in [1.54, 1.807) is 12.1 Å². The average Bonchev–Trinajstić information content (AvgIpc) is 3.05. The Morgan fingerprint density at radius 2 is 1.71 bits per heavy atom. The topological polar surface area (TPSA) is 27.7 Å². The van der Waals surface area contributed by atoms with Gasteiger partial charge in [0, 0.05) is 18.6 Å². The SMILES string of the molecule is CC1(C)Cc2cc(C(F)(F)F)cc(CCCCCOc3c(Cl)cc(OCC=C(Cl)Cl)cc3Cl)c2O1. The van der Waals surface area contributed by atoms with E-state index in [4.69, 9.17) is 60.6 Å². The molecule has 0 saturated heterocycles. The molecule has 0 amide bonds. The van der Waals surface area contributed by atoms with Gasteiger partial charge in [0.05, 0.1) is 22.2 Å². The van der Waals surface area contributed by atoms with Crippen molar-refractivity contribution in [2.75, 3.05) is 13.2 Å². The van der Waals surface area contributed by atoms with Gasteiger partial charge >= 0.3 is 6.18 Å². The number of unbranched alkanes of at least 4 members (excludes halogenated alkanes) is 2. The molecule has 0 spiro atoms. The molecule has 0 atom stereocenters. The molecule has 0 radical (unpaired) electrons. The predicted molar refractivity (Wildman–Crippen MR) is 135 cm³/mol. The predicted octanol–water partition coefficient (Wildman–Crippen LogP) is 9.22. The number of hydrogen-bond acceptors (Lipinski definition) is 3. The summed E-state index contributed by atoms with van der Waals surface area (Å²) >= 11 is 23.6. The van der Waals surface area contributed by atoms with Gasteiger partial charge in [-0.3, -0.25) is 0 Å². The van der Waals surface area contributed by atoms with E-state index in [9.17, 15) is 13.2 Å². The van der Waals surface area contributed by atoms with Gasteiger partial charge in [-0.2, -0.15) is 13.2 Å². The summed E-state index contributed by atoms with van der Waals surface area (Å²) in [6, 6.07) is 5.56. The summed E-state index contributed by atoms with van der Waals surface area (Å²) in [6.45, 7) is 4.27. The molecule has 0 saturated carbocycles. The maximum Gasteiger partial charge on any atom is 0.416 e. The Morgan fingerprint density at radius 1 is 1.03 bits per heavy atom. The molecule has 3 rings (SSSR count). The maximum absolute atomic E-state index is 13.4. The average molecular weight is 572 g/mol. The first kappa shape index (κ1) is 28.1. The van der Waals surface area contributed by atoms with Gasteiger partial charge in [-0.15, -0.1) is 0 Å². The van der Waals surface area contributed by atoms with Gasteiger partial charge in [0.1, 0.15) is 28.2 Å². The van der Waals surface area contributed by atoms with E-state index in [0.717, 1.165) is 6.42 Å². The highest BCUT2D eigenvalue weighted by atomic mass is 35.5. The lowest BCUT2D eigenvalue weighted by Crippen LogP contribution is -2.24. The van der Waals surface area contributed by atoms with Gasteiger partial charge in [-0.25, -0.2) is 0 Å². The zero-order valence-corrected chi connectivity index (χ0v) is 22.2. The monoisotopic (exact) mass is 570 g/mol. The van der Waals surface area contributed by atoms with Gasteiger partial charge in [-0.05, 0) is 68.9 Å². The molecule has 35 heavy (non-hydrogen) atoms.